The molecule has 0 unspecified atom stereocenters. The van der Waals surface area contributed by atoms with E-state index in [1.165, 1.54) is 49.2 Å². The molecule has 0 spiro atoms. The van der Waals surface area contributed by atoms with E-state index in [1.54, 1.807) is 0 Å². The van der Waals surface area contributed by atoms with Gasteiger partial charge in [0, 0.05) is 88.5 Å². The lowest BCUT2D eigenvalue weighted by Crippen LogP contribution is -2.11. The molecule has 0 atom stereocenters. The molecule has 0 aliphatic rings. The number of para-hydroxylation sites is 6. The highest BCUT2D eigenvalue weighted by Crippen LogP contribution is 2.50. The van der Waals surface area contributed by atoms with Crippen molar-refractivity contribution >= 4 is 122 Å². The van der Waals surface area contributed by atoms with Crippen molar-refractivity contribution in [3.8, 4) is 112 Å². The van der Waals surface area contributed by atoms with Gasteiger partial charge in [0.25, 0.3) is 0 Å². The van der Waals surface area contributed by atoms with Crippen molar-refractivity contribution in [1.29, 1.82) is 0 Å². The monoisotopic (exact) mass is 1610 g/mol. The quantitative estimate of drug-likeness (QED) is 0.0911. The Labute approximate surface area is 729 Å². The van der Waals surface area contributed by atoms with E-state index in [0.29, 0.717) is 0 Å². The molecule has 126 heavy (non-hydrogen) atoms. The van der Waals surface area contributed by atoms with Crippen molar-refractivity contribution in [3.63, 3.8) is 0 Å². The van der Waals surface area contributed by atoms with Crippen LogP contribution in [0, 0.1) is 0 Å². The molecule has 4 heterocycles. The second-order valence-corrected chi connectivity index (χ2v) is 32.6. The Balaban J connectivity index is 0.574. The van der Waals surface area contributed by atoms with Crippen LogP contribution in [0.5, 0.6) is 0 Å². The number of hydrogen-bond donors (Lipinski definition) is 0. The highest BCUT2D eigenvalue weighted by molar-refractivity contribution is 6.16. The number of furan rings is 2. The first-order valence-electron chi connectivity index (χ1n) is 43.1. The Morgan fingerprint density at radius 2 is 0.500 bits per heavy atom. The average Bonchev–Trinajstić information content (AvgIpc) is 1.55. The number of rotatable bonds is 17. The number of hydrogen-bond acceptors (Lipinski definition) is 4. The van der Waals surface area contributed by atoms with Crippen LogP contribution in [0.2, 0.25) is 0 Å². The van der Waals surface area contributed by atoms with E-state index in [1.807, 2.05) is 6.07 Å². The Morgan fingerprint density at radius 1 is 0.159 bits per heavy atom. The minimum atomic E-state index is 0.819. The van der Waals surface area contributed by atoms with E-state index >= 15 is 0 Å². The number of aromatic nitrogens is 2. The molecular weight excluding hydrogens is 1530 g/mol. The maximum atomic E-state index is 7.06. The van der Waals surface area contributed by atoms with Crippen molar-refractivity contribution in [2.45, 2.75) is 0 Å². The fraction of sp³-hybridized carbons (Fsp3) is 0. The van der Waals surface area contributed by atoms with Crippen molar-refractivity contribution in [2.24, 2.45) is 0 Å². The third kappa shape index (κ3) is 12.7. The first-order chi connectivity index (χ1) is 62.5. The van der Waals surface area contributed by atoms with Gasteiger partial charge < -0.3 is 27.8 Å². The SMILES string of the molecule is c1ccc(-c2cc(-c3ccc(N(c4ccc(-c5cccc(-n6c7ccccc7c7ccccc76)c5)cc4)c4cccc(-c5cccc6oc7ccccc7c56)c4)cc3)ccc2-c2ccc3c(c2)oc2cccc(-c4cccc(N(c5ccc(-c6cccc(-n7c8ccccc8c8ccccc87)c6)cc5)c5ccccc5-c5ccccc5-c5ccccc5)c4)c23)cc1. The van der Waals surface area contributed by atoms with Crippen LogP contribution in [-0.2, 0) is 0 Å². The molecule has 6 nitrogen and oxygen atoms in total. The second kappa shape index (κ2) is 30.7. The van der Waals surface area contributed by atoms with Crippen LogP contribution >= 0.6 is 0 Å². The molecule has 0 radical (unpaired) electrons. The summed E-state index contributed by atoms with van der Waals surface area (Å²) in [5.41, 5.74) is 36.7. The molecule has 20 aromatic carbocycles. The van der Waals surface area contributed by atoms with Crippen molar-refractivity contribution < 1.29 is 8.83 Å². The third-order valence-corrected chi connectivity index (χ3v) is 25.3. The molecule has 0 bridgehead atoms. The Kier molecular flexibility index (Phi) is 17.8. The maximum Gasteiger partial charge on any atom is 0.136 e. The number of nitrogens with zero attached hydrogens (tertiary/aromatic N) is 4. The van der Waals surface area contributed by atoms with Gasteiger partial charge in [0.05, 0.1) is 27.8 Å². The van der Waals surface area contributed by atoms with Gasteiger partial charge in [0.15, 0.2) is 0 Å². The molecule has 6 heteroatoms. The third-order valence-electron chi connectivity index (χ3n) is 25.3. The van der Waals surface area contributed by atoms with E-state index in [-0.39, 0.29) is 0 Å². The Morgan fingerprint density at radius 3 is 1.03 bits per heavy atom. The van der Waals surface area contributed by atoms with Crippen LogP contribution in [-0.4, -0.2) is 9.13 Å². The Hall–Kier alpha value is -16.8. The highest BCUT2D eigenvalue weighted by atomic mass is 16.3. The summed E-state index contributed by atoms with van der Waals surface area (Å²) in [6, 6.07) is 172. The van der Waals surface area contributed by atoms with Gasteiger partial charge >= 0.3 is 0 Å². The fourth-order valence-electron chi connectivity index (χ4n) is 19.5. The lowest BCUT2D eigenvalue weighted by molar-refractivity contribution is 0.668. The smallest absolute Gasteiger partial charge is 0.136 e. The van der Waals surface area contributed by atoms with E-state index in [4.69, 9.17) is 8.83 Å². The highest BCUT2D eigenvalue weighted by Gasteiger charge is 2.25. The second-order valence-electron chi connectivity index (χ2n) is 32.6. The van der Waals surface area contributed by atoms with Crippen molar-refractivity contribution in [1.82, 2.24) is 9.13 Å². The lowest BCUT2D eigenvalue weighted by Gasteiger charge is -2.29. The molecule has 4 aromatic heterocycles. The van der Waals surface area contributed by atoms with Crippen LogP contribution < -0.4 is 9.80 Å². The van der Waals surface area contributed by atoms with Gasteiger partial charge in [0.1, 0.15) is 22.3 Å². The molecule has 0 aliphatic carbocycles. The molecule has 0 fully saturated rings. The first-order valence-corrected chi connectivity index (χ1v) is 43.1. The normalized spacial score (nSPS) is 11.7. The summed E-state index contributed by atoms with van der Waals surface area (Å²) in [6.45, 7) is 0. The van der Waals surface area contributed by atoms with Gasteiger partial charge in [-0.2, -0.15) is 0 Å². The standard InChI is InChI=1S/C120H78N4O2/c1-3-27-82(28-4-1)97-39-7-8-40-101(97)102-41-9-15-49-110(102)122(92-69-61-80(62-70-92)85-32-22-38-96(74-85)124-113-52-18-12-44-105(113)106-45-13-19-53-114(106)124)94-36-24-34-88(76-94)100-48-26-56-117-120(100)108-72-64-89(78-118(108)126-117)98-71-63-86(77-109(98)83-29-5-2-6-30-83)81-59-67-91(68-60-81)121(93-35-23-33-87(75-93)99-47-25-55-116-119(99)107-46-14-20-54-115(107)125-116)90-65-57-79(58-66-90)84-31-21-37-95(73-84)123-111-50-16-10-42-103(111)104-43-11-17-51-112(104)123/h1-78H. The summed E-state index contributed by atoms with van der Waals surface area (Å²) in [6.07, 6.45) is 0. The van der Waals surface area contributed by atoms with Gasteiger partial charge in [-0.3, -0.25) is 0 Å². The summed E-state index contributed by atoms with van der Waals surface area (Å²) < 4.78 is 18.3. The zero-order chi connectivity index (χ0) is 83.1. The number of anilines is 6. The minimum absolute atomic E-state index is 0.819. The molecule has 24 aromatic rings. The van der Waals surface area contributed by atoms with E-state index in [2.05, 4.69) is 486 Å². The fourth-order valence-corrected chi connectivity index (χ4v) is 19.5. The minimum Gasteiger partial charge on any atom is -0.456 e. The van der Waals surface area contributed by atoms with Crippen LogP contribution in [0.4, 0.5) is 34.1 Å². The van der Waals surface area contributed by atoms with Crippen LogP contribution in [0.25, 0.3) is 199 Å². The van der Waals surface area contributed by atoms with Gasteiger partial charge in [0.2, 0.25) is 0 Å². The molecule has 0 aliphatic heterocycles. The first kappa shape index (κ1) is 73.1. The lowest BCUT2D eigenvalue weighted by atomic mass is 9.90. The van der Waals surface area contributed by atoms with Crippen LogP contribution in [0.15, 0.2) is 482 Å². The molecule has 0 saturated carbocycles. The summed E-state index contributed by atoms with van der Waals surface area (Å²) >= 11 is 0. The van der Waals surface area contributed by atoms with Gasteiger partial charge in [-0.1, -0.05) is 322 Å². The average molecular weight is 1610 g/mol. The zero-order valence-electron chi connectivity index (χ0n) is 68.6. The largest absolute Gasteiger partial charge is 0.456 e. The summed E-state index contributed by atoms with van der Waals surface area (Å²) in [7, 11) is 0. The summed E-state index contributed by atoms with van der Waals surface area (Å²) in [5.74, 6) is 0. The molecule has 590 valence electrons. The molecule has 0 amide bonds. The van der Waals surface area contributed by atoms with E-state index < -0.39 is 0 Å². The van der Waals surface area contributed by atoms with Crippen LogP contribution in [0.3, 0.4) is 0 Å². The predicted octanol–water partition coefficient (Wildman–Crippen LogP) is 33.6. The molecule has 0 saturated heterocycles. The summed E-state index contributed by atoms with van der Waals surface area (Å²) in [4.78, 5) is 4.81. The van der Waals surface area contributed by atoms with Gasteiger partial charge in [-0.05, 0) is 246 Å². The number of fused-ring (bicyclic) bond motifs is 12. The topological polar surface area (TPSA) is 42.6 Å². The molecule has 24 rings (SSSR count). The van der Waals surface area contributed by atoms with E-state index in [9.17, 15) is 0 Å². The van der Waals surface area contributed by atoms with Gasteiger partial charge in [-0.25, -0.2) is 0 Å². The number of benzene rings is 20. The zero-order valence-corrected chi connectivity index (χ0v) is 68.6. The maximum absolute atomic E-state index is 7.06. The van der Waals surface area contributed by atoms with E-state index in [0.717, 1.165) is 184 Å². The molecule has 0 N–H and O–H groups in total. The van der Waals surface area contributed by atoms with Crippen molar-refractivity contribution in [3.05, 3.63) is 473 Å². The van der Waals surface area contributed by atoms with Crippen LogP contribution in [0.1, 0.15) is 0 Å². The van der Waals surface area contributed by atoms with Crippen molar-refractivity contribution in [2.75, 3.05) is 9.80 Å². The van der Waals surface area contributed by atoms with Gasteiger partial charge in [-0.15, -0.1) is 0 Å². The predicted molar refractivity (Wildman–Crippen MR) is 528 cm³/mol. The summed E-state index contributed by atoms with van der Waals surface area (Å²) in [5, 5.41) is 9.29. The molecular formula is C120H78N4O2. The Bertz CT molecular complexity index is 8230.